The van der Waals surface area contributed by atoms with E-state index in [9.17, 15) is 14.0 Å². The Kier molecular flexibility index (Phi) is 5.23. The lowest BCUT2D eigenvalue weighted by Gasteiger charge is -2.09. The van der Waals surface area contributed by atoms with E-state index in [1.807, 2.05) is 0 Å². The molecule has 2 amide bonds. The Balaban J connectivity index is 1.57. The van der Waals surface area contributed by atoms with Crippen molar-refractivity contribution in [3.63, 3.8) is 0 Å². The summed E-state index contributed by atoms with van der Waals surface area (Å²) in [6.45, 7) is 0.299. The summed E-state index contributed by atoms with van der Waals surface area (Å²) in [5, 5.41) is 13.1. The molecule has 11 heteroatoms. The minimum atomic E-state index is -0.574. The predicted octanol–water partition coefficient (Wildman–Crippen LogP) is 1.44. The van der Waals surface area contributed by atoms with Crippen LogP contribution in [0.5, 0.6) is 0 Å². The number of anilines is 1. The molecular weight excluding hydrogens is 365 g/mol. The van der Waals surface area contributed by atoms with E-state index in [1.165, 1.54) is 46.3 Å². The van der Waals surface area contributed by atoms with Gasteiger partial charge in [0.05, 0.1) is 11.6 Å². The molecule has 0 radical (unpaired) electrons. The highest BCUT2D eigenvalue weighted by Crippen LogP contribution is 2.19. The van der Waals surface area contributed by atoms with Crippen LogP contribution in [0.2, 0.25) is 5.02 Å². The number of urea groups is 1. The number of hydrogen-bond donors (Lipinski definition) is 2. The normalized spacial score (nSPS) is 10.5. The van der Waals surface area contributed by atoms with Gasteiger partial charge in [0.15, 0.2) is 5.82 Å². The molecule has 9 nitrogen and oxygen atoms in total. The highest BCUT2D eigenvalue weighted by atomic mass is 35.5. The second-order valence-electron chi connectivity index (χ2n) is 5.10. The quantitative estimate of drug-likeness (QED) is 0.699. The van der Waals surface area contributed by atoms with Crippen LogP contribution in [0.3, 0.4) is 0 Å². The minimum absolute atomic E-state index is 0.0940. The zero-order valence-electron chi connectivity index (χ0n) is 13.3. The van der Waals surface area contributed by atoms with Crippen molar-refractivity contribution in [1.29, 1.82) is 0 Å². The topological polar surface area (TPSA) is 107 Å². The second-order valence-corrected chi connectivity index (χ2v) is 5.51. The van der Waals surface area contributed by atoms with Crippen molar-refractivity contribution in [3.05, 3.63) is 64.2 Å². The maximum absolute atomic E-state index is 13.1. The van der Waals surface area contributed by atoms with E-state index in [-0.39, 0.29) is 23.7 Å². The Bertz CT molecular complexity index is 974. The van der Waals surface area contributed by atoms with Crippen molar-refractivity contribution >= 4 is 23.3 Å². The van der Waals surface area contributed by atoms with E-state index >= 15 is 0 Å². The van der Waals surface area contributed by atoms with E-state index < -0.39 is 11.8 Å². The lowest BCUT2D eigenvalue weighted by atomic mass is 10.3. The predicted molar refractivity (Wildman–Crippen MR) is 91.8 cm³/mol. The lowest BCUT2D eigenvalue weighted by Crippen LogP contribution is -2.34. The summed E-state index contributed by atoms with van der Waals surface area (Å²) in [6.07, 6.45) is 2.81. The Labute approximate surface area is 151 Å². The fourth-order valence-corrected chi connectivity index (χ4v) is 2.25. The molecule has 0 spiro atoms. The van der Waals surface area contributed by atoms with Gasteiger partial charge in [0.2, 0.25) is 0 Å². The first-order valence-corrected chi connectivity index (χ1v) is 7.84. The molecule has 2 heterocycles. The third-order valence-corrected chi connectivity index (χ3v) is 3.58. The van der Waals surface area contributed by atoms with Gasteiger partial charge in [-0.2, -0.15) is 5.10 Å². The number of carbonyl (C=O) groups excluding carboxylic acids is 1. The number of rotatable bonds is 5. The maximum atomic E-state index is 13.1. The van der Waals surface area contributed by atoms with E-state index in [2.05, 4.69) is 25.8 Å². The molecule has 0 fully saturated rings. The van der Waals surface area contributed by atoms with Gasteiger partial charge < -0.3 is 10.6 Å². The fourth-order valence-electron chi connectivity index (χ4n) is 2.07. The molecule has 2 N–H and O–H groups in total. The van der Waals surface area contributed by atoms with Gasteiger partial charge in [0.1, 0.15) is 18.5 Å². The first-order chi connectivity index (χ1) is 12.5. The smallest absolute Gasteiger partial charge is 0.319 e. The van der Waals surface area contributed by atoms with E-state index in [0.29, 0.717) is 11.5 Å². The highest BCUT2D eigenvalue weighted by Gasteiger charge is 2.06. The summed E-state index contributed by atoms with van der Waals surface area (Å²) in [5.74, 6) is -0.150. The van der Waals surface area contributed by atoms with Crippen LogP contribution < -0.4 is 16.2 Å². The average molecular weight is 378 g/mol. The molecule has 26 heavy (non-hydrogen) atoms. The molecule has 3 aromatic rings. The number of benzene rings is 1. The van der Waals surface area contributed by atoms with Gasteiger partial charge in [-0.15, -0.1) is 5.10 Å². The largest absolute Gasteiger partial charge is 0.336 e. The molecule has 1 aromatic carbocycles. The molecule has 2 aromatic heterocycles. The molecule has 0 bridgehead atoms. The molecule has 0 aliphatic rings. The van der Waals surface area contributed by atoms with Crippen LogP contribution in [0.25, 0.3) is 5.82 Å². The summed E-state index contributed by atoms with van der Waals surface area (Å²) in [7, 11) is 0. The summed E-state index contributed by atoms with van der Waals surface area (Å²) < 4.78 is 15.7. The maximum Gasteiger partial charge on any atom is 0.319 e. The van der Waals surface area contributed by atoms with Crippen LogP contribution >= 0.6 is 11.6 Å². The minimum Gasteiger partial charge on any atom is -0.336 e. The van der Waals surface area contributed by atoms with Crippen LogP contribution in [0.1, 0.15) is 0 Å². The summed E-state index contributed by atoms with van der Waals surface area (Å²) in [6, 6.07) is 6.18. The van der Waals surface area contributed by atoms with Crippen molar-refractivity contribution in [2.75, 3.05) is 11.9 Å². The summed E-state index contributed by atoms with van der Waals surface area (Å²) >= 11 is 5.65. The molecule has 3 rings (SSSR count). The Morgan fingerprint density at radius 2 is 2.12 bits per heavy atom. The third kappa shape index (κ3) is 4.22. The van der Waals surface area contributed by atoms with Crippen LogP contribution in [-0.4, -0.2) is 37.1 Å². The summed E-state index contributed by atoms with van der Waals surface area (Å²) in [4.78, 5) is 27.5. The highest BCUT2D eigenvalue weighted by molar-refractivity contribution is 6.31. The van der Waals surface area contributed by atoms with Crippen molar-refractivity contribution in [2.45, 2.75) is 6.54 Å². The first kappa shape index (κ1) is 17.5. The van der Waals surface area contributed by atoms with Gasteiger partial charge in [-0.05, 0) is 24.3 Å². The first-order valence-electron chi connectivity index (χ1n) is 7.46. The van der Waals surface area contributed by atoms with Crippen molar-refractivity contribution in [1.82, 2.24) is 29.9 Å². The number of aromatic nitrogens is 5. The Morgan fingerprint density at radius 3 is 2.85 bits per heavy atom. The number of nitrogens with zero attached hydrogens (tertiary/aromatic N) is 5. The van der Waals surface area contributed by atoms with Gasteiger partial charge in [0.25, 0.3) is 5.56 Å². The van der Waals surface area contributed by atoms with Crippen molar-refractivity contribution in [2.24, 2.45) is 0 Å². The second kappa shape index (κ2) is 7.74. The number of halogens is 2. The third-order valence-electron chi connectivity index (χ3n) is 3.29. The molecule has 134 valence electrons. The number of amides is 2. The zero-order chi connectivity index (χ0) is 18.5. The van der Waals surface area contributed by atoms with Crippen LogP contribution in [0.15, 0.2) is 47.8 Å². The molecule has 0 aliphatic carbocycles. The van der Waals surface area contributed by atoms with Crippen LogP contribution in [0.4, 0.5) is 14.9 Å². The van der Waals surface area contributed by atoms with Gasteiger partial charge in [-0.3, -0.25) is 4.79 Å². The van der Waals surface area contributed by atoms with Crippen molar-refractivity contribution < 1.29 is 9.18 Å². The van der Waals surface area contributed by atoms with Gasteiger partial charge in [0, 0.05) is 18.3 Å². The Hall–Kier alpha value is -3.27. The average Bonchev–Trinajstić information content (AvgIpc) is 3.14. The van der Waals surface area contributed by atoms with Gasteiger partial charge >= 0.3 is 6.03 Å². The summed E-state index contributed by atoms with van der Waals surface area (Å²) in [5.41, 5.74) is 0.0266. The zero-order valence-corrected chi connectivity index (χ0v) is 14.0. The van der Waals surface area contributed by atoms with Crippen molar-refractivity contribution in [3.8, 4) is 5.82 Å². The Morgan fingerprint density at radius 1 is 1.27 bits per heavy atom. The lowest BCUT2D eigenvalue weighted by molar-refractivity contribution is 0.251. The van der Waals surface area contributed by atoms with Gasteiger partial charge in [-0.1, -0.05) is 11.6 Å². The van der Waals surface area contributed by atoms with E-state index in [0.717, 1.165) is 6.07 Å². The molecule has 0 unspecified atom stereocenters. The molecular formula is C15H13ClFN7O2. The number of carbonyl (C=O) groups is 1. The van der Waals surface area contributed by atoms with E-state index in [1.54, 1.807) is 0 Å². The van der Waals surface area contributed by atoms with Gasteiger partial charge in [-0.25, -0.2) is 23.5 Å². The monoisotopic (exact) mass is 377 g/mol. The number of hydrogen-bond acceptors (Lipinski definition) is 5. The van der Waals surface area contributed by atoms with Crippen LogP contribution in [-0.2, 0) is 6.54 Å². The standard InChI is InChI=1S/C15H13ClFN7O2/c16-11-7-10(1-2-12(11)17)21-15(26)19-5-6-23-14(25)4-3-13(22-23)24-9-18-8-20-24/h1-4,7-9H,5-6H2,(H2,19,21,26). The molecule has 0 saturated carbocycles. The SMILES string of the molecule is O=C(NCCn1nc(-n2cncn2)ccc1=O)Nc1ccc(F)c(Cl)c1. The van der Waals surface area contributed by atoms with Crippen LogP contribution in [0, 0.1) is 5.82 Å². The number of nitrogens with one attached hydrogen (secondary N) is 2. The molecule has 0 aliphatic heterocycles. The fraction of sp³-hybridized carbons (Fsp3) is 0.133. The molecule has 0 saturated heterocycles. The molecule has 0 atom stereocenters. The van der Waals surface area contributed by atoms with E-state index in [4.69, 9.17) is 11.6 Å².